The van der Waals surface area contributed by atoms with Gasteiger partial charge in [0.15, 0.2) is 0 Å². The van der Waals surface area contributed by atoms with Crippen LogP contribution >= 0.6 is 11.3 Å². The molecule has 0 bridgehead atoms. The van der Waals surface area contributed by atoms with Crippen molar-refractivity contribution >= 4 is 17.2 Å². The summed E-state index contributed by atoms with van der Waals surface area (Å²) >= 11 is 1.42. The van der Waals surface area contributed by atoms with Crippen LogP contribution in [0.3, 0.4) is 0 Å². The molecule has 2 aromatic heterocycles. The second-order valence-corrected chi connectivity index (χ2v) is 6.69. The molecule has 0 saturated heterocycles. The minimum absolute atomic E-state index is 0.149. The van der Waals surface area contributed by atoms with Crippen molar-refractivity contribution in [2.24, 2.45) is 0 Å². The van der Waals surface area contributed by atoms with E-state index in [2.05, 4.69) is 15.3 Å². The molecule has 0 aliphatic rings. The van der Waals surface area contributed by atoms with Crippen LogP contribution in [0, 0.1) is 0 Å². The standard InChI is InChI=1S/C19H16F3N3OS/c20-19(21,22)14-6-4-13(5-7-14)8-10-24-17(26)11-15-12-27-18(25-15)16-3-1-2-9-23-16/h1-7,9,12H,8,10-11H2,(H,24,26). The van der Waals surface area contributed by atoms with E-state index >= 15 is 0 Å². The normalized spacial score (nSPS) is 11.4. The molecule has 0 radical (unpaired) electrons. The zero-order chi connectivity index (χ0) is 19.3. The fourth-order valence-electron chi connectivity index (χ4n) is 2.43. The van der Waals surface area contributed by atoms with E-state index in [1.54, 1.807) is 6.20 Å². The van der Waals surface area contributed by atoms with Gasteiger partial charge in [-0.25, -0.2) is 4.98 Å². The van der Waals surface area contributed by atoms with Gasteiger partial charge in [-0.2, -0.15) is 13.2 Å². The second-order valence-electron chi connectivity index (χ2n) is 5.83. The molecule has 0 unspecified atom stereocenters. The van der Waals surface area contributed by atoms with Gasteiger partial charge in [0.25, 0.3) is 0 Å². The van der Waals surface area contributed by atoms with Crippen molar-refractivity contribution in [2.45, 2.75) is 19.0 Å². The molecule has 3 rings (SSSR count). The number of carbonyl (C=O) groups is 1. The third-order valence-electron chi connectivity index (χ3n) is 3.79. The molecule has 0 aliphatic carbocycles. The number of thiazole rings is 1. The van der Waals surface area contributed by atoms with E-state index in [1.165, 1.54) is 23.5 Å². The van der Waals surface area contributed by atoms with Crippen molar-refractivity contribution in [1.29, 1.82) is 0 Å². The third kappa shape index (κ3) is 5.37. The smallest absolute Gasteiger partial charge is 0.355 e. The first-order valence-corrected chi connectivity index (χ1v) is 9.08. The van der Waals surface area contributed by atoms with E-state index in [-0.39, 0.29) is 12.3 Å². The quantitative estimate of drug-likeness (QED) is 0.688. The Morgan fingerprint density at radius 3 is 2.56 bits per heavy atom. The first-order chi connectivity index (χ1) is 12.9. The molecule has 1 aromatic carbocycles. The summed E-state index contributed by atoms with van der Waals surface area (Å²) in [5, 5.41) is 5.33. The van der Waals surface area contributed by atoms with Crippen LogP contribution in [-0.4, -0.2) is 22.4 Å². The minimum Gasteiger partial charge on any atom is -0.355 e. The Balaban J connectivity index is 1.47. The number of halogens is 3. The third-order valence-corrected chi connectivity index (χ3v) is 4.71. The van der Waals surface area contributed by atoms with E-state index in [1.807, 2.05) is 23.6 Å². The maximum Gasteiger partial charge on any atom is 0.416 e. The monoisotopic (exact) mass is 391 g/mol. The number of pyridine rings is 1. The molecule has 1 N–H and O–H groups in total. The topological polar surface area (TPSA) is 54.9 Å². The number of rotatable bonds is 6. The van der Waals surface area contributed by atoms with Gasteiger partial charge in [-0.15, -0.1) is 11.3 Å². The van der Waals surface area contributed by atoms with Crippen molar-refractivity contribution in [2.75, 3.05) is 6.54 Å². The summed E-state index contributed by atoms with van der Waals surface area (Å²) in [6.07, 6.45) is -2.05. The zero-order valence-corrected chi connectivity index (χ0v) is 15.0. The Kier molecular flexibility index (Phi) is 5.85. The lowest BCUT2D eigenvalue weighted by Crippen LogP contribution is -2.27. The van der Waals surface area contributed by atoms with Crippen LogP contribution in [0.5, 0.6) is 0 Å². The first-order valence-electron chi connectivity index (χ1n) is 8.20. The Bertz CT molecular complexity index is 893. The number of nitrogens with one attached hydrogen (secondary N) is 1. The number of nitrogens with zero attached hydrogens (tertiary/aromatic N) is 2. The summed E-state index contributed by atoms with van der Waals surface area (Å²) < 4.78 is 37.6. The number of alkyl halides is 3. The predicted octanol–water partition coefficient (Wildman–Crippen LogP) is 4.13. The average molecular weight is 391 g/mol. The minimum atomic E-state index is -4.34. The molecule has 140 valence electrons. The lowest BCUT2D eigenvalue weighted by Gasteiger charge is -2.08. The largest absolute Gasteiger partial charge is 0.416 e. The van der Waals surface area contributed by atoms with E-state index in [4.69, 9.17) is 0 Å². The summed E-state index contributed by atoms with van der Waals surface area (Å²) in [7, 11) is 0. The highest BCUT2D eigenvalue weighted by Crippen LogP contribution is 2.29. The Labute approximate surface area is 158 Å². The molecule has 1 amide bonds. The SMILES string of the molecule is O=C(Cc1csc(-c2ccccn2)n1)NCCc1ccc(C(F)(F)F)cc1. The van der Waals surface area contributed by atoms with Crippen LogP contribution in [-0.2, 0) is 23.8 Å². The van der Waals surface area contributed by atoms with Gasteiger partial charge in [-0.3, -0.25) is 9.78 Å². The Morgan fingerprint density at radius 1 is 1.11 bits per heavy atom. The number of aromatic nitrogens is 2. The number of benzene rings is 1. The molecule has 0 fully saturated rings. The van der Waals surface area contributed by atoms with Crippen molar-refractivity contribution in [3.63, 3.8) is 0 Å². The molecular formula is C19H16F3N3OS. The maximum atomic E-state index is 12.5. The van der Waals surface area contributed by atoms with Gasteiger partial charge in [-0.05, 0) is 36.2 Å². The van der Waals surface area contributed by atoms with Crippen LogP contribution in [0.2, 0.25) is 0 Å². The molecule has 0 saturated carbocycles. The van der Waals surface area contributed by atoms with Crippen molar-refractivity contribution in [3.8, 4) is 10.7 Å². The number of carbonyl (C=O) groups excluding carboxylic acids is 1. The van der Waals surface area contributed by atoms with Crippen LogP contribution in [0.1, 0.15) is 16.8 Å². The van der Waals surface area contributed by atoms with Crippen molar-refractivity contribution in [3.05, 3.63) is 70.9 Å². The van der Waals surface area contributed by atoms with Gasteiger partial charge in [0, 0.05) is 18.1 Å². The lowest BCUT2D eigenvalue weighted by molar-refractivity contribution is -0.137. The highest BCUT2D eigenvalue weighted by Gasteiger charge is 2.29. The molecule has 0 spiro atoms. The van der Waals surface area contributed by atoms with Gasteiger partial charge < -0.3 is 5.32 Å². The summed E-state index contributed by atoms with van der Waals surface area (Å²) in [6, 6.07) is 10.5. The van der Waals surface area contributed by atoms with E-state index < -0.39 is 11.7 Å². The maximum absolute atomic E-state index is 12.5. The van der Waals surface area contributed by atoms with Gasteiger partial charge in [0.1, 0.15) is 5.01 Å². The molecule has 0 aliphatic heterocycles. The lowest BCUT2D eigenvalue weighted by atomic mass is 10.1. The van der Waals surface area contributed by atoms with E-state index in [9.17, 15) is 18.0 Å². The Morgan fingerprint density at radius 2 is 1.89 bits per heavy atom. The van der Waals surface area contributed by atoms with Crippen LogP contribution in [0.4, 0.5) is 13.2 Å². The highest BCUT2D eigenvalue weighted by atomic mass is 32.1. The summed E-state index contributed by atoms with van der Waals surface area (Å²) in [4.78, 5) is 20.7. The average Bonchev–Trinajstić information content (AvgIpc) is 3.10. The molecule has 4 nitrogen and oxygen atoms in total. The van der Waals surface area contributed by atoms with Gasteiger partial charge >= 0.3 is 6.18 Å². The number of hydrogen-bond donors (Lipinski definition) is 1. The van der Waals surface area contributed by atoms with Crippen LogP contribution in [0.25, 0.3) is 10.7 Å². The number of hydrogen-bond acceptors (Lipinski definition) is 4. The van der Waals surface area contributed by atoms with Crippen LogP contribution in [0.15, 0.2) is 54.0 Å². The first kappa shape index (κ1) is 19.0. The van der Waals surface area contributed by atoms with Gasteiger partial charge in [-0.1, -0.05) is 18.2 Å². The van der Waals surface area contributed by atoms with Gasteiger partial charge in [0.05, 0.1) is 23.4 Å². The molecular weight excluding hydrogens is 375 g/mol. The highest BCUT2D eigenvalue weighted by molar-refractivity contribution is 7.13. The molecule has 27 heavy (non-hydrogen) atoms. The summed E-state index contributed by atoms with van der Waals surface area (Å²) in [5.74, 6) is -0.181. The molecule has 0 atom stereocenters. The zero-order valence-electron chi connectivity index (χ0n) is 14.2. The van der Waals surface area contributed by atoms with E-state index in [0.717, 1.165) is 28.4 Å². The molecule has 2 heterocycles. The Hall–Kier alpha value is -2.74. The fraction of sp³-hybridized carbons (Fsp3) is 0.211. The molecule has 8 heteroatoms. The van der Waals surface area contributed by atoms with Gasteiger partial charge in [0.2, 0.25) is 5.91 Å². The van der Waals surface area contributed by atoms with E-state index in [0.29, 0.717) is 18.7 Å². The summed E-state index contributed by atoms with van der Waals surface area (Å²) in [5.41, 5.74) is 1.47. The summed E-state index contributed by atoms with van der Waals surface area (Å²) in [6.45, 7) is 0.349. The molecule has 3 aromatic rings. The predicted molar refractivity (Wildman–Crippen MR) is 97.2 cm³/mol. The number of amides is 1. The second kappa shape index (κ2) is 8.30. The fourth-order valence-corrected chi connectivity index (χ4v) is 3.22. The van der Waals surface area contributed by atoms with Crippen molar-refractivity contribution in [1.82, 2.24) is 15.3 Å². The van der Waals surface area contributed by atoms with Crippen LogP contribution < -0.4 is 5.32 Å². The van der Waals surface area contributed by atoms with Crippen molar-refractivity contribution < 1.29 is 18.0 Å².